The second-order valence-electron chi connectivity index (χ2n) is 7.77. The summed E-state index contributed by atoms with van der Waals surface area (Å²) in [5.41, 5.74) is 4.10. The van der Waals surface area contributed by atoms with Gasteiger partial charge in [-0.05, 0) is 36.1 Å². The first kappa shape index (κ1) is 22.8. The maximum Gasteiger partial charge on any atom is 0.251 e. The molecule has 0 spiro atoms. The van der Waals surface area contributed by atoms with Gasteiger partial charge in [0.15, 0.2) is 5.16 Å². The van der Waals surface area contributed by atoms with E-state index in [1.54, 1.807) is 11.8 Å². The maximum atomic E-state index is 11.9. The predicted molar refractivity (Wildman–Crippen MR) is 129 cm³/mol. The highest BCUT2D eigenvalue weighted by Crippen LogP contribution is 2.26. The normalized spacial score (nSPS) is 10.9. The Hall–Kier alpha value is -2.86. The summed E-state index contributed by atoms with van der Waals surface area (Å²) < 4.78 is 0. The van der Waals surface area contributed by atoms with Crippen LogP contribution < -0.4 is 10.2 Å². The lowest BCUT2D eigenvalue weighted by molar-refractivity contribution is 0.0956. The molecule has 5 nitrogen and oxygen atoms in total. The van der Waals surface area contributed by atoms with Crippen molar-refractivity contribution < 1.29 is 4.79 Å². The van der Waals surface area contributed by atoms with Crippen molar-refractivity contribution in [2.24, 2.45) is 0 Å². The van der Waals surface area contributed by atoms with Crippen molar-refractivity contribution in [1.29, 1.82) is 0 Å². The van der Waals surface area contributed by atoms with Crippen LogP contribution in [0.2, 0.25) is 0 Å². The Morgan fingerprint density at radius 3 is 2.39 bits per heavy atom. The Labute approximate surface area is 189 Å². The van der Waals surface area contributed by atoms with Crippen molar-refractivity contribution >= 4 is 23.5 Å². The Balaban J connectivity index is 1.72. The summed E-state index contributed by atoms with van der Waals surface area (Å²) in [5.74, 6) is 1.96. The van der Waals surface area contributed by atoms with Crippen LogP contribution in [0.3, 0.4) is 0 Å². The van der Waals surface area contributed by atoms with Crippen LogP contribution in [0.25, 0.3) is 0 Å². The predicted octanol–water partition coefficient (Wildman–Crippen LogP) is 5.28. The molecule has 1 heterocycles. The van der Waals surface area contributed by atoms with Crippen molar-refractivity contribution in [2.45, 2.75) is 44.1 Å². The fourth-order valence-corrected chi connectivity index (χ4v) is 3.90. The molecule has 2 aromatic carbocycles. The van der Waals surface area contributed by atoms with Gasteiger partial charge in [0.2, 0.25) is 0 Å². The largest absolute Gasteiger partial charge is 0.355 e. The van der Waals surface area contributed by atoms with E-state index in [4.69, 9.17) is 9.97 Å². The summed E-state index contributed by atoms with van der Waals surface area (Å²) in [6, 6.07) is 20.2. The Kier molecular flexibility index (Phi) is 8.06. The van der Waals surface area contributed by atoms with E-state index < -0.39 is 0 Å². The van der Waals surface area contributed by atoms with Crippen molar-refractivity contribution in [3.8, 4) is 0 Å². The Morgan fingerprint density at radius 2 is 1.74 bits per heavy atom. The summed E-state index contributed by atoms with van der Waals surface area (Å²) in [4.78, 5) is 23.7. The fraction of sp³-hybridized carbons (Fsp3) is 0.320. The lowest BCUT2D eigenvalue weighted by Crippen LogP contribution is -2.22. The molecular formula is C25H30N4OS. The van der Waals surface area contributed by atoms with Gasteiger partial charge in [0.25, 0.3) is 5.91 Å². The SMILES string of the molecule is CCNC(=O)c1ccc(CSc2nc(C(C)C)cc(N(C)Cc3ccccc3)n2)cc1. The fourth-order valence-electron chi connectivity index (χ4n) is 3.09. The summed E-state index contributed by atoms with van der Waals surface area (Å²) >= 11 is 1.62. The van der Waals surface area contributed by atoms with E-state index in [1.165, 1.54) is 5.56 Å². The number of hydrogen-bond donors (Lipinski definition) is 1. The lowest BCUT2D eigenvalue weighted by Gasteiger charge is -2.20. The van der Waals surface area contributed by atoms with Crippen LogP contribution in [-0.2, 0) is 12.3 Å². The molecule has 0 aliphatic heterocycles. The standard InChI is InChI=1S/C25H30N4OS/c1-5-26-24(30)21-13-11-20(12-14-21)17-31-25-27-22(18(2)3)15-23(28-25)29(4)16-19-9-7-6-8-10-19/h6-15,18H,5,16-17H2,1-4H3,(H,26,30). The maximum absolute atomic E-state index is 11.9. The van der Waals surface area contributed by atoms with E-state index >= 15 is 0 Å². The highest BCUT2D eigenvalue weighted by atomic mass is 32.2. The molecule has 1 N–H and O–H groups in total. The third-order valence-electron chi connectivity index (χ3n) is 4.88. The highest BCUT2D eigenvalue weighted by molar-refractivity contribution is 7.98. The Bertz CT molecular complexity index is 990. The molecule has 162 valence electrons. The van der Waals surface area contributed by atoms with E-state index in [0.717, 1.165) is 34.5 Å². The van der Waals surface area contributed by atoms with Crippen molar-refractivity contribution in [3.05, 3.63) is 83.0 Å². The van der Waals surface area contributed by atoms with Gasteiger partial charge in [0.05, 0.1) is 0 Å². The van der Waals surface area contributed by atoms with Gasteiger partial charge >= 0.3 is 0 Å². The molecule has 0 saturated heterocycles. The molecule has 0 unspecified atom stereocenters. The number of anilines is 1. The van der Waals surface area contributed by atoms with Gasteiger partial charge in [0.1, 0.15) is 5.82 Å². The molecule has 0 radical (unpaired) electrons. The van der Waals surface area contributed by atoms with Crippen LogP contribution in [0.1, 0.15) is 53.9 Å². The van der Waals surface area contributed by atoms with Crippen LogP contribution in [0.15, 0.2) is 65.8 Å². The average molecular weight is 435 g/mol. The van der Waals surface area contributed by atoms with E-state index in [0.29, 0.717) is 18.0 Å². The van der Waals surface area contributed by atoms with Gasteiger partial charge in [-0.2, -0.15) is 0 Å². The van der Waals surface area contributed by atoms with Crippen LogP contribution >= 0.6 is 11.8 Å². The van der Waals surface area contributed by atoms with Gasteiger partial charge in [0, 0.05) is 43.2 Å². The molecule has 0 aliphatic rings. The number of benzene rings is 2. The van der Waals surface area contributed by atoms with E-state index in [2.05, 4.69) is 61.4 Å². The number of nitrogens with one attached hydrogen (secondary N) is 1. The first-order chi connectivity index (χ1) is 15.0. The molecule has 0 fully saturated rings. The quantitative estimate of drug-likeness (QED) is 0.367. The number of carbonyl (C=O) groups excluding carboxylic acids is 1. The van der Waals surface area contributed by atoms with Gasteiger partial charge in [-0.1, -0.05) is 68.1 Å². The van der Waals surface area contributed by atoms with Crippen molar-refractivity contribution in [1.82, 2.24) is 15.3 Å². The molecule has 3 rings (SSSR count). The van der Waals surface area contributed by atoms with E-state index in [-0.39, 0.29) is 5.91 Å². The highest BCUT2D eigenvalue weighted by Gasteiger charge is 2.12. The minimum atomic E-state index is -0.0410. The van der Waals surface area contributed by atoms with E-state index in [1.807, 2.05) is 37.3 Å². The number of aromatic nitrogens is 2. The average Bonchev–Trinajstić information content (AvgIpc) is 2.78. The number of amides is 1. The number of rotatable bonds is 9. The molecule has 0 atom stereocenters. The molecule has 6 heteroatoms. The zero-order chi connectivity index (χ0) is 22.2. The molecule has 1 amide bonds. The van der Waals surface area contributed by atoms with E-state index in [9.17, 15) is 4.79 Å². The molecule has 0 bridgehead atoms. The second-order valence-corrected chi connectivity index (χ2v) is 8.72. The summed E-state index contributed by atoms with van der Waals surface area (Å²) in [6.07, 6.45) is 0. The molecule has 31 heavy (non-hydrogen) atoms. The smallest absolute Gasteiger partial charge is 0.251 e. The first-order valence-corrected chi connectivity index (χ1v) is 11.6. The minimum absolute atomic E-state index is 0.0410. The van der Waals surface area contributed by atoms with Crippen LogP contribution in [0.5, 0.6) is 0 Å². The van der Waals surface area contributed by atoms with Crippen LogP contribution in [0.4, 0.5) is 5.82 Å². The van der Waals surface area contributed by atoms with Gasteiger partial charge in [-0.25, -0.2) is 9.97 Å². The monoisotopic (exact) mass is 434 g/mol. The van der Waals surface area contributed by atoms with Crippen LogP contribution in [-0.4, -0.2) is 29.5 Å². The number of carbonyl (C=O) groups is 1. The van der Waals surface area contributed by atoms with Gasteiger partial charge in [-0.3, -0.25) is 4.79 Å². The van der Waals surface area contributed by atoms with Crippen molar-refractivity contribution in [2.75, 3.05) is 18.5 Å². The minimum Gasteiger partial charge on any atom is -0.355 e. The van der Waals surface area contributed by atoms with Gasteiger partial charge < -0.3 is 10.2 Å². The lowest BCUT2D eigenvalue weighted by atomic mass is 10.1. The summed E-state index contributed by atoms with van der Waals surface area (Å²) in [5, 5.41) is 3.59. The van der Waals surface area contributed by atoms with Crippen molar-refractivity contribution in [3.63, 3.8) is 0 Å². The number of nitrogens with zero attached hydrogens (tertiary/aromatic N) is 3. The summed E-state index contributed by atoms with van der Waals surface area (Å²) in [6.45, 7) is 7.64. The first-order valence-electron chi connectivity index (χ1n) is 10.6. The number of thioether (sulfide) groups is 1. The summed E-state index contributed by atoms with van der Waals surface area (Å²) in [7, 11) is 2.06. The zero-order valence-corrected chi connectivity index (χ0v) is 19.4. The number of hydrogen-bond acceptors (Lipinski definition) is 5. The Morgan fingerprint density at radius 1 is 1.03 bits per heavy atom. The molecule has 1 aromatic heterocycles. The third kappa shape index (κ3) is 6.56. The topological polar surface area (TPSA) is 58.1 Å². The molecule has 0 aliphatic carbocycles. The molecule has 0 saturated carbocycles. The van der Waals surface area contributed by atoms with Crippen LogP contribution in [0, 0.1) is 0 Å². The van der Waals surface area contributed by atoms with Gasteiger partial charge in [-0.15, -0.1) is 0 Å². The molecular weight excluding hydrogens is 404 g/mol. The third-order valence-corrected chi connectivity index (χ3v) is 5.80. The molecule has 3 aromatic rings. The zero-order valence-electron chi connectivity index (χ0n) is 18.6. The second kappa shape index (κ2) is 11.0.